The number of benzene rings is 1. The summed E-state index contributed by atoms with van der Waals surface area (Å²) in [6.45, 7) is 2.83. The molecule has 1 heterocycles. The van der Waals surface area contributed by atoms with Crippen LogP contribution in [0.15, 0.2) is 16.6 Å². The third-order valence-corrected chi connectivity index (χ3v) is 4.31. The predicted octanol–water partition coefficient (Wildman–Crippen LogP) is 4.45. The van der Waals surface area contributed by atoms with Gasteiger partial charge in [-0.05, 0) is 66.2 Å². The Labute approximate surface area is 120 Å². The van der Waals surface area contributed by atoms with Crippen LogP contribution in [0.25, 0.3) is 10.9 Å². The maximum Gasteiger partial charge on any atom is 0.134 e. The first-order valence-corrected chi connectivity index (χ1v) is 7.55. The van der Waals surface area contributed by atoms with Crippen LogP contribution < -0.4 is 5.32 Å². The van der Waals surface area contributed by atoms with E-state index in [9.17, 15) is 4.39 Å². The summed E-state index contributed by atoms with van der Waals surface area (Å²) in [5.41, 5.74) is 4.01. The second-order valence-electron chi connectivity index (χ2n) is 4.90. The van der Waals surface area contributed by atoms with E-state index in [1.54, 1.807) is 6.07 Å². The summed E-state index contributed by atoms with van der Waals surface area (Å²) in [5, 5.41) is 3.97. The van der Waals surface area contributed by atoms with E-state index in [1.807, 2.05) is 6.92 Å². The Bertz CT molecular complexity index is 640. The number of hydrogen-bond donors (Lipinski definition) is 1. The molecule has 0 amide bonds. The number of anilines is 1. The predicted molar refractivity (Wildman–Crippen MR) is 80.2 cm³/mol. The molecule has 19 heavy (non-hydrogen) atoms. The number of pyridine rings is 1. The topological polar surface area (TPSA) is 24.9 Å². The molecule has 4 heteroatoms. The van der Waals surface area contributed by atoms with Crippen LogP contribution >= 0.6 is 15.9 Å². The minimum absolute atomic E-state index is 0.199. The lowest BCUT2D eigenvalue weighted by molar-refractivity contribution is 0.637. The summed E-state index contributed by atoms with van der Waals surface area (Å²) in [4.78, 5) is 4.69. The van der Waals surface area contributed by atoms with Crippen molar-refractivity contribution in [2.24, 2.45) is 0 Å². The van der Waals surface area contributed by atoms with Crippen molar-refractivity contribution in [3.05, 3.63) is 33.7 Å². The molecule has 0 unspecified atom stereocenters. The molecular formula is C15H16BrFN2. The normalized spacial score (nSPS) is 14.5. The van der Waals surface area contributed by atoms with Crippen molar-refractivity contribution in [2.75, 3.05) is 11.9 Å². The first-order valence-electron chi connectivity index (χ1n) is 6.75. The monoisotopic (exact) mass is 322 g/mol. The Kier molecular flexibility index (Phi) is 3.44. The van der Waals surface area contributed by atoms with Gasteiger partial charge in [0.05, 0.1) is 16.6 Å². The molecule has 3 rings (SSSR count). The number of aromatic nitrogens is 1. The van der Waals surface area contributed by atoms with E-state index < -0.39 is 0 Å². The van der Waals surface area contributed by atoms with Crippen LogP contribution in [0.3, 0.4) is 0 Å². The zero-order valence-electron chi connectivity index (χ0n) is 10.9. The molecule has 0 saturated carbocycles. The molecule has 1 aliphatic carbocycles. The van der Waals surface area contributed by atoms with Crippen LogP contribution in [-0.4, -0.2) is 11.5 Å². The van der Waals surface area contributed by atoms with E-state index in [0.29, 0.717) is 5.39 Å². The summed E-state index contributed by atoms with van der Waals surface area (Å²) in [7, 11) is 0. The Hall–Kier alpha value is -1.16. The number of hydrogen-bond acceptors (Lipinski definition) is 2. The van der Waals surface area contributed by atoms with Gasteiger partial charge < -0.3 is 5.32 Å². The van der Waals surface area contributed by atoms with E-state index in [2.05, 4.69) is 21.2 Å². The van der Waals surface area contributed by atoms with Gasteiger partial charge in [-0.3, -0.25) is 4.98 Å². The Balaban J connectivity index is 2.39. The molecular weight excluding hydrogens is 307 g/mol. The van der Waals surface area contributed by atoms with E-state index in [-0.39, 0.29) is 5.82 Å². The molecule has 0 radical (unpaired) electrons. The van der Waals surface area contributed by atoms with Crippen LogP contribution in [-0.2, 0) is 12.8 Å². The number of rotatable bonds is 2. The fraction of sp³-hybridized carbons (Fsp3) is 0.400. The smallest absolute Gasteiger partial charge is 0.134 e. The number of nitrogens with one attached hydrogen (secondary N) is 1. The molecule has 0 fully saturated rings. The minimum Gasteiger partial charge on any atom is -0.384 e. The average molecular weight is 323 g/mol. The maximum absolute atomic E-state index is 14.2. The highest BCUT2D eigenvalue weighted by Gasteiger charge is 2.20. The second kappa shape index (κ2) is 5.08. The quantitative estimate of drug-likeness (QED) is 0.883. The SMILES string of the molecule is CCNc1c2c(nc3c(Br)ccc(F)c13)CCCC2. The van der Waals surface area contributed by atoms with Crippen molar-refractivity contribution in [1.82, 2.24) is 4.98 Å². The summed E-state index contributed by atoms with van der Waals surface area (Å²) >= 11 is 3.49. The molecule has 0 aliphatic heterocycles. The molecule has 0 atom stereocenters. The number of aryl methyl sites for hydroxylation is 1. The Morgan fingerprint density at radius 3 is 2.89 bits per heavy atom. The van der Waals surface area contributed by atoms with Crippen molar-refractivity contribution < 1.29 is 4.39 Å². The van der Waals surface area contributed by atoms with Gasteiger partial charge in [-0.1, -0.05) is 0 Å². The number of nitrogens with zero attached hydrogens (tertiary/aromatic N) is 1. The van der Waals surface area contributed by atoms with Crippen LogP contribution in [0.2, 0.25) is 0 Å². The summed E-state index contributed by atoms with van der Waals surface area (Å²) in [6, 6.07) is 3.24. The average Bonchev–Trinajstić information content (AvgIpc) is 2.43. The molecule has 0 bridgehead atoms. The lowest BCUT2D eigenvalue weighted by atomic mass is 9.92. The highest BCUT2D eigenvalue weighted by atomic mass is 79.9. The molecule has 1 N–H and O–H groups in total. The zero-order valence-corrected chi connectivity index (χ0v) is 12.5. The van der Waals surface area contributed by atoms with E-state index in [4.69, 9.17) is 4.98 Å². The fourth-order valence-electron chi connectivity index (χ4n) is 2.83. The second-order valence-corrected chi connectivity index (χ2v) is 5.76. The van der Waals surface area contributed by atoms with Gasteiger partial charge in [0, 0.05) is 16.7 Å². The Morgan fingerprint density at radius 2 is 2.11 bits per heavy atom. The standard InChI is InChI=1S/C15H16BrFN2/c1-2-18-14-9-5-3-4-6-12(9)19-15-10(16)7-8-11(17)13(14)15/h7-8H,2-6H2,1H3,(H,18,19). The third kappa shape index (κ3) is 2.12. The molecule has 1 aromatic carbocycles. The van der Waals surface area contributed by atoms with Crippen molar-refractivity contribution in [3.8, 4) is 0 Å². The van der Waals surface area contributed by atoms with E-state index in [0.717, 1.165) is 47.2 Å². The molecule has 0 spiro atoms. The highest BCUT2D eigenvalue weighted by Crippen LogP contribution is 2.37. The summed E-state index contributed by atoms with van der Waals surface area (Å²) < 4.78 is 15.1. The van der Waals surface area contributed by atoms with Gasteiger partial charge in [0.2, 0.25) is 0 Å². The van der Waals surface area contributed by atoms with Crippen molar-refractivity contribution in [3.63, 3.8) is 0 Å². The minimum atomic E-state index is -0.199. The highest BCUT2D eigenvalue weighted by molar-refractivity contribution is 9.10. The number of halogens is 2. The summed E-state index contributed by atoms with van der Waals surface area (Å²) in [6.07, 6.45) is 4.32. The number of fused-ring (bicyclic) bond motifs is 2. The van der Waals surface area contributed by atoms with Gasteiger partial charge in [0.25, 0.3) is 0 Å². The zero-order chi connectivity index (χ0) is 13.4. The van der Waals surface area contributed by atoms with Crippen LogP contribution in [0.1, 0.15) is 31.0 Å². The van der Waals surface area contributed by atoms with E-state index in [1.165, 1.54) is 18.1 Å². The van der Waals surface area contributed by atoms with Gasteiger partial charge in [-0.15, -0.1) is 0 Å². The van der Waals surface area contributed by atoms with Gasteiger partial charge in [0.15, 0.2) is 0 Å². The van der Waals surface area contributed by atoms with Crippen LogP contribution in [0.5, 0.6) is 0 Å². The van der Waals surface area contributed by atoms with Crippen LogP contribution in [0.4, 0.5) is 10.1 Å². The van der Waals surface area contributed by atoms with Gasteiger partial charge >= 0.3 is 0 Å². The molecule has 100 valence electrons. The van der Waals surface area contributed by atoms with Crippen molar-refractivity contribution in [1.29, 1.82) is 0 Å². The first kappa shape index (κ1) is 12.9. The molecule has 1 aromatic heterocycles. The fourth-order valence-corrected chi connectivity index (χ4v) is 3.25. The third-order valence-electron chi connectivity index (χ3n) is 3.67. The van der Waals surface area contributed by atoms with E-state index >= 15 is 0 Å². The summed E-state index contributed by atoms with van der Waals surface area (Å²) in [5.74, 6) is -0.199. The largest absolute Gasteiger partial charge is 0.384 e. The molecule has 2 nitrogen and oxygen atoms in total. The van der Waals surface area contributed by atoms with Gasteiger partial charge in [-0.2, -0.15) is 0 Å². The Morgan fingerprint density at radius 1 is 1.32 bits per heavy atom. The lowest BCUT2D eigenvalue weighted by Crippen LogP contribution is -2.12. The lowest BCUT2D eigenvalue weighted by Gasteiger charge is -2.21. The maximum atomic E-state index is 14.2. The van der Waals surface area contributed by atoms with Gasteiger partial charge in [0.1, 0.15) is 5.82 Å². The molecule has 2 aromatic rings. The molecule has 0 saturated heterocycles. The van der Waals surface area contributed by atoms with Crippen LogP contribution in [0, 0.1) is 5.82 Å². The first-order chi connectivity index (χ1) is 9.22. The molecule has 1 aliphatic rings. The van der Waals surface area contributed by atoms with Gasteiger partial charge in [-0.25, -0.2) is 4.39 Å². The van der Waals surface area contributed by atoms with Crippen molar-refractivity contribution in [2.45, 2.75) is 32.6 Å². The van der Waals surface area contributed by atoms with Crippen molar-refractivity contribution >= 4 is 32.5 Å².